The third-order valence-electron chi connectivity index (χ3n) is 3.45. The number of hydrogen-bond donors (Lipinski definition) is 1. The Bertz CT molecular complexity index is 791. The zero-order valence-electron chi connectivity index (χ0n) is 12.2. The van der Waals surface area contributed by atoms with Gasteiger partial charge in [-0.3, -0.25) is 9.55 Å². The average molecular weight is 296 g/mol. The third kappa shape index (κ3) is 3.06. The number of nitrogens with zero attached hydrogens (tertiary/aromatic N) is 3. The summed E-state index contributed by atoms with van der Waals surface area (Å²) in [5, 5.41) is 6.64. The molecule has 0 atom stereocenters. The zero-order chi connectivity index (χ0) is 15.4. The molecule has 22 heavy (non-hydrogen) atoms. The predicted molar refractivity (Wildman–Crippen MR) is 82.0 cm³/mol. The zero-order valence-corrected chi connectivity index (χ0v) is 12.2. The molecule has 0 aliphatic rings. The molecule has 0 unspecified atom stereocenters. The van der Waals surface area contributed by atoms with E-state index in [0.717, 1.165) is 16.9 Å². The van der Waals surface area contributed by atoms with Crippen molar-refractivity contribution in [1.82, 2.24) is 19.7 Å². The molecule has 0 radical (unpaired) electrons. The maximum absolute atomic E-state index is 12.0. The van der Waals surface area contributed by atoms with Crippen molar-refractivity contribution in [3.63, 3.8) is 0 Å². The monoisotopic (exact) mass is 296 g/mol. The van der Waals surface area contributed by atoms with Gasteiger partial charge in [-0.15, -0.1) is 0 Å². The van der Waals surface area contributed by atoms with E-state index in [1.807, 2.05) is 36.4 Å². The fraction of sp³-hybridized carbons (Fsp3) is 0.188. The number of aromatic nitrogens is 4. The third-order valence-corrected chi connectivity index (χ3v) is 3.45. The van der Waals surface area contributed by atoms with E-state index >= 15 is 0 Å². The highest BCUT2D eigenvalue weighted by atomic mass is 16.5. The minimum Gasteiger partial charge on any atom is -0.497 e. The molecule has 3 rings (SSSR count). The Balaban J connectivity index is 1.84. The minimum atomic E-state index is -0.208. The SMILES string of the molecule is COc1ccc(Cn2c(Cc3ccncc3)n[nH]c2=O)cc1. The number of aromatic amines is 1. The average Bonchev–Trinajstić information content (AvgIpc) is 2.90. The normalized spacial score (nSPS) is 10.6. The van der Waals surface area contributed by atoms with Crippen LogP contribution in [0, 0.1) is 0 Å². The quantitative estimate of drug-likeness (QED) is 0.776. The first-order valence-electron chi connectivity index (χ1n) is 6.92. The lowest BCUT2D eigenvalue weighted by Gasteiger charge is -2.07. The maximum Gasteiger partial charge on any atom is 0.343 e. The van der Waals surface area contributed by atoms with E-state index < -0.39 is 0 Å². The number of methoxy groups -OCH3 is 1. The molecule has 6 nitrogen and oxygen atoms in total. The van der Waals surface area contributed by atoms with E-state index in [1.165, 1.54) is 0 Å². The van der Waals surface area contributed by atoms with E-state index in [2.05, 4.69) is 15.2 Å². The van der Waals surface area contributed by atoms with Crippen LogP contribution in [0.2, 0.25) is 0 Å². The van der Waals surface area contributed by atoms with Gasteiger partial charge >= 0.3 is 5.69 Å². The van der Waals surface area contributed by atoms with Crippen LogP contribution in [0.1, 0.15) is 17.0 Å². The summed E-state index contributed by atoms with van der Waals surface area (Å²) in [6.07, 6.45) is 4.04. The Morgan fingerprint density at radius 3 is 2.50 bits per heavy atom. The van der Waals surface area contributed by atoms with Gasteiger partial charge in [0, 0.05) is 18.8 Å². The largest absolute Gasteiger partial charge is 0.497 e. The van der Waals surface area contributed by atoms with E-state index in [0.29, 0.717) is 18.8 Å². The van der Waals surface area contributed by atoms with Crippen molar-refractivity contribution >= 4 is 0 Å². The standard InChI is InChI=1S/C16H16N4O2/c1-22-14-4-2-13(3-5-14)11-20-15(18-19-16(20)21)10-12-6-8-17-9-7-12/h2-9H,10-11H2,1H3,(H,19,21). The van der Waals surface area contributed by atoms with E-state index in [1.54, 1.807) is 24.1 Å². The Morgan fingerprint density at radius 2 is 1.82 bits per heavy atom. The van der Waals surface area contributed by atoms with Gasteiger partial charge < -0.3 is 4.74 Å². The summed E-state index contributed by atoms with van der Waals surface area (Å²) in [6.45, 7) is 0.472. The molecule has 0 saturated heterocycles. The highest BCUT2D eigenvalue weighted by Crippen LogP contribution is 2.13. The van der Waals surface area contributed by atoms with Crippen LogP contribution in [-0.4, -0.2) is 26.9 Å². The second-order valence-corrected chi connectivity index (χ2v) is 4.91. The predicted octanol–water partition coefficient (Wildman–Crippen LogP) is 1.61. The molecule has 0 aliphatic carbocycles. The van der Waals surface area contributed by atoms with Crippen molar-refractivity contribution in [3.8, 4) is 5.75 Å². The van der Waals surface area contributed by atoms with Crippen molar-refractivity contribution in [3.05, 3.63) is 76.2 Å². The Hall–Kier alpha value is -2.89. The second kappa shape index (κ2) is 6.26. The molecular weight excluding hydrogens is 280 g/mol. The first-order valence-corrected chi connectivity index (χ1v) is 6.92. The van der Waals surface area contributed by atoms with Gasteiger partial charge in [-0.25, -0.2) is 9.89 Å². The van der Waals surface area contributed by atoms with Crippen LogP contribution in [0.15, 0.2) is 53.6 Å². The Kier molecular flexibility index (Phi) is 4.00. The highest BCUT2D eigenvalue weighted by molar-refractivity contribution is 5.27. The molecule has 0 amide bonds. The van der Waals surface area contributed by atoms with E-state index in [4.69, 9.17) is 4.74 Å². The highest BCUT2D eigenvalue weighted by Gasteiger charge is 2.09. The number of benzene rings is 1. The van der Waals surface area contributed by atoms with Gasteiger partial charge in [0.05, 0.1) is 13.7 Å². The van der Waals surface area contributed by atoms with Crippen LogP contribution >= 0.6 is 0 Å². The van der Waals surface area contributed by atoms with Crippen molar-refractivity contribution < 1.29 is 4.74 Å². The van der Waals surface area contributed by atoms with Gasteiger partial charge in [0.2, 0.25) is 0 Å². The lowest BCUT2D eigenvalue weighted by molar-refractivity contribution is 0.414. The number of pyridine rings is 1. The fourth-order valence-corrected chi connectivity index (χ4v) is 2.25. The molecule has 0 bridgehead atoms. The van der Waals surface area contributed by atoms with Crippen LogP contribution in [0.25, 0.3) is 0 Å². The summed E-state index contributed by atoms with van der Waals surface area (Å²) in [4.78, 5) is 16.0. The molecule has 1 aromatic carbocycles. The molecule has 2 aromatic heterocycles. The summed E-state index contributed by atoms with van der Waals surface area (Å²) in [7, 11) is 1.63. The lowest BCUT2D eigenvalue weighted by atomic mass is 10.2. The van der Waals surface area contributed by atoms with Crippen LogP contribution in [0.3, 0.4) is 0 Å². The first-order chi connectivity index (χ1) is 10.8. The smallest absolute Gasteiger partial charge is 0.343 e. The molecule has 0 fully saturated rings. The fourth-order valence-electron chi connectivity index (χ4n) is 2.25. The number of H-pyrrole nitrogens is 1. The van der Waals surface area contributed by atoms with Gasteiger partial charge in [0.25, 0.3) is 0 Å². The van der Waals surface area contributed by atoms with Gasteiger partial charge in [-0.2, -0.15) is 5.10 Å². The molecule has 0 spiro atoms. The van der Waals surface area contributed by atoms with Crippen LogP contribution < -0.4 is 10.4 Å². The maximum atomic E-state index is 12.0. The van der Waals surface area contributed by atoms with Gasteiger partial charge in [-0.1, -0.05) is 12.1 Å². The Labute approximate surface area is 127 Å². The molecule has 112 valence electrons. The lowest BCUT2D eigenvalue weighted by Crippen LogP contribution is -2.19. The summed E-state index contributed by atoms with van der Waals surface area (Å²) in [5.41, 5.74) is 1.87. The molecule has 3 aromatic rings. The summed E-state index contributed by atoms with van der Waals surface area (Å²) < 4.78 is 6.78. The summed E-state index contributed by atoms with van der Waals surface area (Å²) in [5.74, 6) is 1.49. The van der Waals surface area contributed by atoms with E-state index in [9.17, 15) is 4.79 Å². The van der Waals surface area contributed by atoms with Crippen LogP contribution in [-0.2, 0) is 13.0 Å². The number of ether oxygens (including phenoxy) is 1. The van der Waals surface area contributed by atoms with Gasteiger partial charge in [0.15, 0.2) is 0 Å². The van der Waals surface area contributed by atoms with Crippen LogP contribution in [0.5, 0.6) is 5.75 Å². The molecule has 0 aliphatic heterocycles. The van der Waals surface area contributed by atoms with Crippen LogP contribution in [0.4, 0.5) is 0 Å². The number of hydrogen-bond acceptors (Lipinski definition) is 4. The number of nitrogens with one attached hydrogen (secondary N) is 1. The van der Waals surface area contributed by atoms with Gasteiger partial charge in [-0.05, 0) is 35.4 Å². The topological polar surface area (TPSA) is 72.8 Å². The Morgan fingerprint density at radius 1 is 1.09 bits per heavy atom. The minimum absolute atomic E-state index is 0.208. The van der Waals surface area contributed by atoms with E-state index in [-0.39, 0.29) is 5.69 Å². The second-order valence-electron chi connectivity index (χ2n) is 4.91. The molecule has 6 heteroatoms. The molecule has 0 saturated carbocycles. The molecule has 1 N–H and O–H groups in total. The molecule has 2 heterocycles. The van der Waals surface area contributed by atoms with Crippen molar-refractivity contribution in [2.24, 2.45) is 0 Å². The summed E-state index contributed by atoms with van der Waals surface area (Å²) >= 11 is 0. The van der Waals surface area contributed by atoms with Crippen molar-refractivity contribution in [2.75, 3.05) is 7.11 Å². The summed E-state index contributed by atoms with van der Waals surface area (Å²) in [6, 6.07) is 11.5. The molecular formula is C16H16N4O2. The van der Waals surface area contributed by atoms with Crippen molar-refractivity contribution in [1.29, 1.82) is 0 Å². The van der Waals surface area contributed by atoms with Gasteiger partial charge in [0.1, 0.15) is 11.6 Å². The first kappa shape index (κ1) is 14.1. The van der Waals surface area contributed by atoms with Crippen molar-refractivity contribution in [2.45, 2.75) is 13.0 Å². The number of rotatable bonds is 5.